The van der Waals surface area contributed by atoms with E-state index in [1.54, 1.807) is 12.1 Å². The van der Waals surface area contributed by atoms with Gasteiger partial charge in [0, 0.05) is 17.5 Å². The molecule has 0 spiro atoms. The summed E-state index contributed by atoms with van der Waals surface area (Å²) in [4.78, 5) is 11.9. The quantitative estimate of drug-likeness (QED) is 0.868. The van der Waals surface area contributed by atoms with Crippen LogP contribution in [0.4, 0.5) is 0 Å². The molecule has 1 saturated heterocycles. The number of Topliss-reactive ketones (excluding diaryl/α,β-unsaturated/α-hetero) is 1. The first-order valence-electron chi connectivity index (χ1n) is 5.27. The molecule has 86 valence electrons. The largest absolute Gasteiger partial charge is 0.379 e. The minimum absolute atomic E-state index is 0.146. The van der Waals surface area contributed by atoms with Crippen molar-refractivity contribution in [2.45, 2.75) is 12.5 Å². The summed E-state index contributed by atoms with van der Waals surface area (Å²) in [6.07, 6.45) is 0.402. The summed E-state index contributed by atoms with van der Waals surface area (Å²) >= 11 is 5.77. The summed E-state index contributed by atoms with van der Waals surface area (Å²) in [6, 6.07) is 7.15. The second-order valence-electron chi connectivity index (χ2n) is 4.08. The summed E-state index contributed by atoms with van der Waals surface area (Å²) in [5.74, 6) is -0.0111. The molecule has 2 rings (SSSR count). The van der Waals surface area contributed by atoms with Gasteiger partial charge in [0.2, 0.25) is 0 Å². The van der Waals surface area contributed by atoms with Crippen LogP contribution in [0.25, 0.3) is 0 Å². The zero-order valence-corrected chi connectivity index (χ0v) is 9.61. The Balaban J connectivity index is 1.99. The highest BCUT2D eigenvalue weighted by Gasteiger charge is 2.30. The molecule has 2 atom stereocenters. The average Bonchev–Trinajstić information content (AvgIpc) is 2.68. The molecule has 2 unspecified atom stereocenters. The Morgan fingerprint density at radius 3 is 2.62 bits per heavy atom. The lowest BCUT2D eigenvalue weighted by molar-refractivity contribution is -0.122. The number of hydrogen-bond acceptors (Lipinski definition) is 3. The zero-order chi connectivity index (χ0) is 11.5. The fourth-order valence-electron chi connectivity index (χ4n) is 1.84. The molecule has 0 radical (unpaired) electrons. The molecule has 1 aliphatic rings. The normalized spacial score (nSPS) is 24.6. The van der Waals surface area contributed by atoms with Crippen LogP contribution >= 0.6 is 11.6 Å². The molecular weight excluding hydrogens is 226 g/mol. The van der Waals surface area contributed by atoms with E-state index in [0.717, 1.165) is 5.56 Å². The van der Waals surface area contributed by atoms with Crippen molar-refractivity contribution in [2.24, 2.45) is 11.7 Å². The number of hydrogen-bond donors (Lipinski definition) is 1. The zero-order valence-electron chi connectivity index (χ0n) is 8.86. The van der Waals surface area contributed by atoms with Gasteiger partial charge in [0.25, 0.3) is 0 Å². The lowest BCUT2D eigenvalue weighted by Gasteiger charge is -2.11. The first kappa shape index (κ1) is 11.6. The van der Waals surface area contributed by atoms with Crippen LogP contribution in [-0.4, -0.2) is 25.0 Å². The maximum absolute atomic E-state index is 11.9. The van der Waals surface area contributed by atoms with Crippen LogP contribution < -0.4 is 5.73 Å². The van der Waals surface area contributed by atoms with Crippen molar-refractivity contribution >= 4 is 17.4 Å². The van der Waals surface area contributed by atoms with E-state index in [1.165, 1.54) is 0 Å². The van der Waals surface area contributed by atoms with E-state index in [-0.39, 0.29) is 17.7 Å². The average molecular weight is 240 g/mol. The van der Waals surface area contributed by atoms with E-state index in [2.05, 4.69) is 0 Å². The first-order chi connectivity index (χ1) is 7.66. The van der Waals surface area contributed by atoms with Crippen molar-refractivity contribution in [1.82, 2.24) is 0 Å². The Morgan fingerprint density at radius 1 is 1.38 bits per heavy atom. The van der Waals surface area contributed by atoms with E-state index in [9.17, 15) is 4.79 Å². The number of benzene rings is 1. The fourth-order valence-corrected chi connectivity index (χ4v) is 1.96. The third kappa shape index (κ3) is 2.61. The molecule has 2 N–H and O–H groups in total. The molecule has 0 aromatic heterocycles. The van der Waals surface area contributed by atoms with Crippen LogP contribution in [-0.2, 0) is 16.0 Å². The standard InChI is InChI=1S/C12H14ClNO2/c13-9-3-1-8(2-4-9)5-12(15)10-6-16-7-11(10)14/h1-4,10-11H,5-7,14H2. The Hall–Kier alpha value is -0.900. The molecule has 3 nitrogen and oxygen atoms in total. The van der Waals surface area contributed by atoms with Gasteiger partial charge in [-0.05, 0) is 17.7 Å². The predicted molar refractivity (Wildman–Crippen MR) is 62.4 cm³/mol. The lowest BCUT2D eigenvalue weighted by atomic mass is 9.94. The summed E-state index contributed by atoms with van der Waals surface area (Å²) in [6.45, 7) is 0.935. The third-order valence-corrected chi connectivity index (χ3v) is 3.08. The maximum Gasteiger partial charge on any atom is 0.144 e. The molecule has 1 aromatic rings. The molecule has 0 aliphatic carbocycles. The summed E-state index contributed by atoms with van der Waals surface area (Å²) in [7, 11) is 0. The molecule has 1 aliphatic heterocycles. The molecule has 1 fully saturated rings. The third-order valence-electron chi connectivity index (χ3n) is 2.83. The van der Waals surface area contributed by atoms with Crippen molar-refractivity contribution in [3.63, 3.8) is 0 Å². The molecule has 4 heteroatoms. The summed E-state index contributed by atoms with van der Waals surface area (Å²) in [5.41, 5.74) is 6.76. The van der Waals surface area contributed by atoms with Crippen molar-refractivity contribution < 1.29 is 9.53 Å². The van der Waals surface area contributed by atoms with Crippen molar-refractivity contribution in [3.05, 3.63) is 34.9 Å². The van der Waals surface area contributed by atoms with Gasteiger partial charge >= 0.3 is 0 Å². The van der Waals surface area contributed by atoms with E-state index >= 15 is 0 Å². The fraction of sp³-hybridized carbons (Fsp3) is 0.417. The van der Waals surface area contributed by atoms with Crippen LogP contribution in [0, 0.1) is 5.92 Å². The highest BCUT2D eigenvalue weighted by molar-refractivity contribution is 6.30. The number of ether oxygens (including phenoxy) is 1. The Bertz CT molecular complexity index is 377. The first-order valence-corrected chi connectivity index (χ1v) is 5.65. The van der Waals surface area contributed by atoms with E-state index in [4.69, 9.17) is 22.1 Å². The maximum atomic E-state index is 11.9. The molecule has 0 bridgehead atoms. The minimum Gasteiger partial charge on any atom is -0.379 e. The van der Waals surface area contributed by atoms with Gasteiger partial charge in [-0.15, -0.1) is 0 Å². The topological polar surface area (TPSA) is 52.3 Å². The Kier molecular flexibility index (Phi) is 3.59. The van der Waals surface area contributed by atoms with Crippen LogP contribution in [0.5, 0.6) is 0 Å². The Morgan fingerprint density at radius 2 is 2.06 bits per heavy atom. The van der Waals surface area contributed by atoms with Crippen molar-refractivity contribution in [3.8, 4) is 0 Å². The van der Waals surface area contributed by atoms with Gasteiger partial charge in [0.1, 0.15) is 5.78 Å². The van der Waals surface area contributed by atoms with Crippen LogP contribution in [0.3, 0.4) is 0 Å². The number of carbonyl (C=O) groups is 1. The van der Waals surface area contributed by atoms with Gasteiger partial charge in [-0.25, -0.2) is 0 Å². The highest BCUT2D eigenvalue weighted by atomic mass is 35.5. The van der Waals surface area contributed by atoms with Crippen molar-refractivity contribution in [1.29, 1.82) is 0 Å². The van der Waals surface area contributed by atoms with Crippen LogP contribution in [0.2, 0.25) is 5.02 Å². The number of carbonyl (C=O) groups excluding carboxylic acids is 1. The molecule has 0 amide bonds. The molecular formula is C12H14ClNO2. The Labute approximate surface area is 99.5 Å². The molecule has 16 heavy (non-hydrogen) atoms. The highest BCUT2D eigenvalue weighted by Crippen LogP contribution is 2.16. The van der Waals surface area contributed by atoms with Gasteiger partial charge in [0.15, 0.2) is 0 Å². The SMILES string of the molecule is NC1COCC1C(=O)Cc1ccc(Cl)cc1. The van der Waals surface area contributed by atoms with E-state index < -0.39 is 0 Å². The van der Waals surface area contributed by atoms with Crippen LogP contribution in [0.15, 0.2) is 24.3 Å². The summed E-state index contributed by atoms with van der Waals surface area (Å²) < 4.78 is 5.18. The minimum atomic E-state index is -0.157. The van der Waals surface area contributed by atoms with E-state index in [0.29, 0.717) is 24.7 Å². The van der Waals surface area contributed by atoms with Crippen molar-refractivity contribution in [2.75, 3.05) is 13.2 Å². The second-order valence-corrected chi connectivity index (χ2v) is 4.51. The number of ketones is 1. The van der Waals surface area contributed by atoms with Crippen LogP contribution in [0.1, 0.15) is 5.56 Å². The smallest absolute Gasteiger partial charge is 0.144 e. The number of nitrogens with two attached hydrogens (primary N) is 1. The second kappa shape index (κ2) is 4.95. The van der Waals surface area contributed by atoms with Gasteiger partial charge in [0.05, 0.1) is 19.1 Å². The number of rotatable bonds is 3. The lowest BCUT2D eigenvalue weighted by Crippen LogP contribution is -2.34. The molecule has 0 saturated carbocycles. The number of halogens is 1. The van der Waals surface area contributed by atoms with Gasteiger partial charge in [-0.2, -0.15) is 0 Å². The van der Waals surface area contributed by atoms with E-state index in [1.807, 2.05) is 12.1 Å². The monoisotopic (exact) mass is 239 g/mol. The summed E-state index contributed by atoms with van der Waals surface area (Å²) in [5, 5.41) is 0.678. The van der Waals surface area contributed by atoms with Gasteiger partial charge < -0.3 is 10.5 Å². The molecule has 1 heterocycles. The van der Waals surface area contributed by atoms with Gasteiger partial charge in [-0.3, -0.25) is 4.79 Å². The molecule has 1 aromatic carbocycles. The predicted octanol–water partition coefficient (Wildman–Crippen LogP) is 1.43. The van der Waals surface area contributed by atoms with Gasteiger partial charge in [-0.1, -0.05) is 23.7 Å².